The standard InChI is InChI=1S/C24H24N2O5/c27-22(26-14-9-10-21(26)19(11-14)23(28)29)12-25-24(30)31-13-20-17-7-3-1-5-15(17)16-6-2-4-8-18(16)20/h1-8,14,19-21H,9-13H2,(H,25,30)(H,28,29)/t14-,19+,21+/m1/s1. The van der Waals surface area contributed by atoms with E-state index in [0.717, 1.165) is 28.7 Å². The molecule has 31 heavy (non-hydrogen) atoms. The molecule has 2 aliphatic heterocycles. The van der Waals surface area contributed by atoms with Crippen molar-refractivity contribution >= 4 is 18.0 Å². The summed E-state index contributed by atoms with van der Waals surface area (Å²) < 4.78 is 5.47. The van der Waals surface area contributed by atoms with E-state index in [0.29, 0.717) is 12.8 Å². The first kappa shape index (κ1) is 19.6. The van der Waals surface area contributed by atoms with Gasteiger partial charge in [-0.2, -0.15) is 0 Å². The number of fused-ring (bicyclic) bond motifs is 5. The quantitative estimate of drug-likeness (QED) is 0.775. The van der Waals surface area contributed by atoms with Crippen LogP contribution in [-0.4, -0.2) is 53.2 Å². The molecule has 3 atom stereocenters. The van der Waals surface area contributed by atoms with E-state index in [2.05, 4.69) is 17.4 Å². The van der Waals surface area contributed by atoms with Crippen molar-refractivity contribution in [3.63, 3.8) is 0 Å². The summed E-state index contributed by atoms with van der Waals surface area (Å²) in [5, 5.41) is 11.9. The fraction of sp³-hybridized carbons (Fsp3) is 0.375. The van der Waals surface area contributed by atoms with Crippen molar-refractivity contribution in [2.24, 2.45) is 5.92 Å². The van der Waals surface area contributed by atoms with Crippen LogP contribution in [0.3, 0.4) is 0 Å². The zero-order chi connectivity index (χ0) is 21.5. The van der Waals surface area contributed by atoms with Crippen LogP contribution in [-0.2, 0) is 14.3 Å². The lowest BCUT2D eigenvalue weighted by Gasteiger charge is -2.23. The van der Waals surface area contributed by atoms with Crippen LogP contribution in [0.15, 0.2) is 48.5 Å². The van der Waals surface area contributed by atoms with E-state index in [1.54, 1.807) is 4.90 Å². The van der Waals surface area contributed by atoms with Gasteiger partial charge in [-0.1, -0.05) is 48.5 Å². The summed E-state index contributed by atoms with van der Waals surface area (Å²) in [7, 11) is 0. The van der Waals surface area contributed by atoms with Gasteiger partial charge in [0.05, 0.1) is 5.92 Å². The summed E-state index contributed by atoms with van der Waals surface area (Å²) in [6.45, 7) is 0.000115. The molecule has 2 aromatic carbocycles. The van der Waals surface area contributed by atoms with Gasteiger partial charge >= 0.3 is 12.1 Å². The monoisotopic (exact) mass is 420 g/mol. The molecule has 2 fully saturated rings. The van der Waals surface area contributed by atoms with Crippen molar-refractivity contribution in [1.82, 2.24) is 10.2 Å². The summed E-state index contributed by atoms with van der Waals surface area (Å²) in [5.74, 6) is -1.64. The molecule has 7 heteroatoms. The largest absolute Gasteiger partial charge is 0.481 e. The van der Waals surface area contributed by atoms with Gasteiger partial charge in [0.1, 0.15) is 13.2 Å². The van der Waals surface area contributed by atoms with Crippen LogP contribution in [0.5, 0.6) is 0 Å². The molecule has 5 rings (SSSR count). The Morgan fingerprint density at radius 2 is 1.65 bits per heavy atom. The van der Waals surface area contributed by atoms with Crippen molar-refractivity contribution < 1.29 is 24.2 Å². The molecule has 2 heterocycles. The summed E-state index contributed by atoms with van der Waals surface area (Å²) in [6.07, 6.45) is 1.39. The second-order valence-electron chi connectivity index (χ2n) is 8.46. The van der Waals surface area contributed by atoms with Crippen molar-refractivity contribution in [3.8, 4) is 11.1 Å². The van der Waals surface area contributed by atoms with Crippen molar-refractivity contribution in [2.75, 3.05) is 13.2 Å². The third-order valence-electron chi connectivity index (χ3n) is 6.87. The van der Waals surface area contributed by atoms with Gasteiger partial charge in [-0.15, -0.1) is 0 Å². The molecule has 3 aliphatic rings. The Labute approximate surface area is 180 Å². The number of alkyl carbamates (subject to hydrolysis) is 1. The Bertz CT molecular complexity index is 1010. The van der Waals surface area contributed by atoms with Gasteiger partial charge < -0.3 is 20.1 Å². The van der Waals surface area contributed by atoms with E-state index in [1.165, 1.54) is 0 Å². The molecule has 2 saturated heterocycles. The SMILES string of the molecule is O=C(NCC(=O)N1[C@@H]2CC[C@H]1[C@@H](C(=O)O)C2)OCC1c2ccccc2-c2ccccc21. The summed E-state index contributed by atoms with van der Waals surface area (Å²) >= 11 is 0. The average molecular weight is 420 g/mol. The van der Waals surface area contributed by atoms with E-state index in [-0.39, 0.29) is 37.1 Å². The number of carboxylic acids is 1. The van der Waals surface area contributed by atoms with Crippen LogP contribution in [0.4, 0.5) is 4.79 Å². The number of nitrogens with zero attached hydrogens (tertiary/aromatic N) is 1. The molecule has 2 amide bonds. The highest BCUT2D eigenvalue weighted by Crippen LogP contribution is 2.44. The normalized spacial score (nSPS) is 23.4. The second-order valence-corrected chi connectivity index (χ2v) is 8.46. The van der Waals surface area contributed by atoms with Crippen LogP contribution in [0.2, 0.25) is 0 Å². The zero-order valence-electron chi connectivity index (χ0n) is 17.0. The maximum absolute atomic E-state index is 12.6. The molecule has 0 unspecified atom stereocenters. The highest BCUT2D eigenvalue weighted by atomic mass is 16.5. The minimum absolute atomic E-state index is 0.0390. The first-order valence-electron chi connectivity index (χ1n) is 10.7. The Balaban J connectivity index is 1.18. The van der Waals surface area contributed by atoms with Crippen molar-refractivity contribution in [2.45, 2.75) is 37.3 Å². The number of aliphatic carboxylic acids is 1. The van der Waals surface area contributed by atoms with Gasteiger partial charge in [-0.25, -0.2) is 4.79 Å². The molecule has 2 aromatic rings. The number of rotatable bonds is 5. The highest BCUT2D eigenvalue weighted by Gasteiger charge is 2.51. The number of ether oxygens (including phenoxy) is 1. The van der Waals surface area contributed by atoms with E-state index >= 15 is 0 Å². The number of hydrogen-bond acceptors (Lipinski definition) is 4. The van der Waals surface area contributed by atoms with Crippen LogP contribution in [0, 0.1) is 5.92 Å². The number of amides is 2. The average Bonchev–Trinajstić information content (AvgIpc) is 3.46. The summed E-state index contributed by atoms with van der Waals surface area (Å²) in [5.41, 5.74) is 4.56. The first-order valence-corrected chi connectivity index (χ1v) is 10.7. The molecule has 2 N–H and O–H groups in total. The van der Waals surface area contributed by atoms with Crippen molar-refractivity contribution in [3.05, 3.63) is 59.7 Å². The third kappa shape index (κ3) is 3.34. The molecule has 7 nitrogen and oxygen atoms in total. The molecule has 160 valence electrons. The summed E-state index contributed by atoms with van der Waals surface area (Å²) in [4.78, 5) is 38.0. The number of carboxylic acid groups (broad SMARTS) is 1. The number of benzene rings is 2. The van der Waals surface area contributed by atoms with E-state index < -0.39 is 18.0 Å². The van der Waals surface area contributed by atoms with Gasteiger partial charge in [-0.05, 0) is 41.5 Å². The van der Waals surface area contributed by atoms with Gasteiger partial charge in [0, 0.05) is 18.0 Å². The molecule has 0 aromatic heterocycles. The summed E-state index contributed by atoms with van der Waals surface area (Å²) in [6, 6.07) is 15.9. The topological polar surface area (TPSA) is 95.9 Å². The maximum atomic E-state index is 12.6. The fourth-order valence-corrected chi connectivity index (χ4v) is 5.53. The Morgan fingerprint density at radius 3 is 2.26 bits per heavy atom. The van der Waals surface area contributed by atoms with E-state index in [1.807, 2.05) is 36.4 Å². The molecule has 0 spiro atoms. The Hall–Kier alpha value is -3.35. The molecular weight excluding hydrogens is 396 g/mol. The van der Waals surface area contributed by atoms with E-state index in [9.17, 15) is 19.5 Å². The minimum atomic E-state index is -0.852. The molecule has 2 bridgehead atoms. The predicted octanol–water partition coefficient (Wildman–Crippen LogP) is 2.99. The third-order valence-corrected chi connectivity index (χ3v) is 6.87. The lowest BCUT2D eigenvalue weighted by molar-refractivity contribution is -0.143. The predicted molar refractivity (Wildman–Crippen MR) is 112 cm³/mol. The van der Waals surface area contributed by atoms with Gasteiger partial charge in [0.15, 0.2) is 0 Å². The molecule has 1 aliphatic carbocycles. The van der Waals surface area contributed by atoms with Crippen LogP contribution < -0.4 is 5.32 Å². The lowest BCUT2D eigenvalue weighted by Crippen LogP contribution is -2.44. The molecule has 0 saturated carbocycles. The van der Waals surface area contributed by atoms with Crippen LogP contribution in [0.1, 0.15) is 36.3 Å². The maximum Gasteiger partial charge on any atom is 0.407 e. The second kappa shape index (κ2) is 7.72. The van der Waals surface area contributed by atoms with Crippen LogP contribution in [0.25, 0.3) is 11.1 Å². The van der Waals surface area contributed by atoms with Gasteiger partial charge in [-0.3, -0.25) is 9.59 Å². The zero-order valence-corrected chi connectivity index (χ0v) is 17.0. The highest BCUT2D eigenvalue weighted by molar-refractivity contribution is 5.85. The number of carbonyl (C=O) groups is 3. The minimum Gasteiger partial charge on any atom is -0.481 e. The number of hydrogen-bond donors (Lipinski definition) is 2. The van der Waals surface area contributed by atoms with Gasteiger partial charge in [0.2, 0.25) is 5.91 Å². The smallest absolute Gasteiger partial charge is 0.407 e. The first-order chi connectivity index (χ1) is 15.0. The lowest BCUT2D eigenvalue weighted by atomic mass is 9.89. The Morgan fingerprint density at radius 1 is 1.00 bits per heavy atom. The number of nitrogens with one attached hydrogen (secondary N) is 1. The Kier molecular flexibility index (Phi) is 4.88. The van der Waals surface area contributed by atoms with Crippen LogP contribution >= 0.6 is 0 Å². The van der Waals surface area contributed by atoms with E-state index in [4.69, 9.17) is 4.74 Å². The molecule has 0 radical (unpaired) electrons. The molecular formula is C24H24N2O5. The van der Waals surface area contributed by atoms with Gasteiger partial charge in [0.25, 0.3) is 0 Å². The van der Waals surface area contributed by atoms with Crippen molar-refractivity contribution in [1.29, 1.82) is 0 Å². The fourth-order valence-electron chi connectivity index (χ4n) is 5.53. The number of carbonyl (C=O) groups excluding carboxylic acids is 2.